The molecule has 0 aromatic carbocycles. The molecule has 2 aliphatic heterocycles. The Bertz CT molecular complexity index is 978. The van der Waals surface area contributed by atoms with E-state index >= 15 is 0 Å². The number of amides is 1. The van der Waals surface area contributed by atoms with E-state index in [-0.39, 0.29) is 48.9 Å². The highest BCUT2D eigenvalue weighted by atomic mass is 16.7. The van der Waals surface area contributed by atoms with Crippen LogP contribution in [-0.2, 0) is 33.3 Å². The van der Waals surface area contributed by atoms with E-state index in [0.717, 1.165) is 0 Å². The number of carbonyl (C=O) groups excluding carboxylic acids is 3. The number of methoxy groups -OCH3 is 1. The molecule has 12 heteroatoms. The van der Waals surface area contributed by atoms with Crippen LogP contribution in [0.1, 0.15) is 54.4 Å². The van der Waals surface area contributed by atoms with Crippen molar-refractivity contribution in [2.45, 2.75) is 96.7 Å². The Kier molecular flexibility index (Phi) is 13.8. The van der Waals surface area contributed by atoms with Gasteiger partial charge in [-0.1, -0.05) is 13.8 Å². The molecule has 2 aliphatic rings. The smallest absolute Gasteiger partial charge is 0.319 e. The SMILES string of the molecule is CO[C@]1(C)C[C@@H](C)CN(C)[C@@H](CN(C)C(=O)CN(C)C)COC(=O)C(C)(C)C(=O)[C@H](C)[C@H]1O[C@@H]1O[C@H](C)C[C@H](N(C)C)[C@H]1O. The second-order valence-electron chi connectivity index (χ2n) is 14.4. The van der Waals surface area contributed by atoms with Gasteiger partial charge in [0, 0.05) is 39.2 Å². The van der Waals surface area contributed by atoms with Crippen LogP contribution >= 0.6 is 0 Å². The standard InChI is InChI=1S/C32H60N4O8/c1-20-15-32(6,41-13)28(44-29-26(38)24(34(9)10)14-21(2)43-29)22(3)27(39)31(4,5)30(40)42-19-23(35(11)16-20)17-36(12)25(37)18-33(7)8/h20-24,26,28-29,38H,14-19H2,1-13H3/t20-,21-,22+,23+,24+,26-,28-,29+,32-/m1/s1. The van der Waals surface area contributed by atoms with Gasteiger partial charge >= 0.3 is 5.97 Å². The second kappa shape index (κ2) is 15.8. The topological polar surface area (TPSA) is 121 Å². The molecule has 9 atom stereocenters. The summed E-state index contributed by atoms with van der Waals surface area (Å²) in [6.07, 6.45) is -1.83. The summed E-state index contributed by atoms with van der Waals surface area (Å²) in [5.74, 6) is -1.79. The molecule has 0 aromatic rings. The maximum Gasteiger partial charge on any atom is 0.319 e. The van der Waals surface area contributed by atoms with Crippen LogP contribution < -0.4 is 0 Å². The van der Waals surface area contributed by atoms with Crippen molar-refractivity contribution in [2.24, 2.45) is 17.3 Å². The van der Waals surface area contributed by atoms with Crippen molar-refractivity contribution < 1.29 is 38.4 Å². The quantitative estimate of drug-likeness (QED) is 0.310. The summed E-state index contributed by atoms with van der Waals surface area (Å²) in [5.41, 5.74) is -2.47. The number of ether oxygens (including phenoxy) is 4. The Balaban J connectivity index is 2.49. The normalized spacial score (nSPS) is 36.4. The number of aliphatic hydroxyl groups is 1. The lowest BCUT2D eigenvalue weighted by Crippen LogP contribution is -2.59. The first kappa shape index (κ1) is 38.5. The fourth-order valence-electron chi connectivity index (χ4n) is 6.59. The largest absolute Gasteiger partial charge is 0.463 e. The Labute approximate surface area is 265 Å². The maximum atomic E-state index is 14.1. The zero-order valence-electron chi connectivity index (χ0n) is 29.5. The van der Waals surface area contributed by atoms with Crippen LogP contribution in [0.5, 0.6) is 0 Å². The van der Waals surface area contributed by atoms with E-state index in [2.05, 4.69) is 11.8 Å². The minimum atomic E-state index is -1.49. The van der Waals surface area contributed by atoms with Gasteiger partial charge in [0.05, 0.1) is 30.4 Å². The predicted molar refractivity (Wildman–Crippen MR) is 168 cm³/mol. The van der Waals surface area contributed by atoms with Crippen LogP contribution in [0.25, 0.3) is 0 Å². The van der Waals surface area contributed by atoms with Gasteiger partial charge < -0.3 is 38.8 Å². The number of ketones is 1. The lowest BCUT2D eigenvalue weighted by atomic mass is 9.74. The van der Waals surface area contributed by atoms with Gasteiger partial charge in [-0.3, -0.25) is 19.3 Å². The number of hydrogen-bond acceptors (Lipinski definition) is 11. The minimum Gasteiger partial charge on any atom is -0.463 e. The molecule has 0 radical (unpaired) electrons. The van der Waals surface area contributed by atoms with Gasteiger partial charge in [0.1, 0.15) is 18.1 Å². The molecular formula is C32H60N4O8. The molecule has 2 saturated heterocycles. The van der Waals surface area contributed by atoms with Crippen molar-refractivity contribution in [3.63, 3.8) is 0 Å². The molecule has 2 fully saturated rings. The summed E-state index contributed by atoms with van der Waals surface area (Å²) in [5, 5.41) is 11.3. The van der Waals surface area contributed by atoms with Gasteiger partial charge in [-0.05, 0) is 81.7 Å². The van der Waals surface area contributed by atoms with Crippen molar-refractivity contribution >= 4 is 17.7 Å². The summed E-state index contributed by atoms with van der Waals surface area (Å²) >= 11 is 0. The van der Waals surface area contributed by atoms with Crippen molar-refractivity contribution in [1.29, 1.82) is 0 Å². The van der Waals surface area contributed by atoms with Crippen molar-refractivity contribution in [1.82, 2.24) is 19.6 Å². The maximum absolute atomic E-state index is 14.1. The molecule has 1 N–H and O–H groups in total. The highest BCUT2D eigenvalue weighted by Gasteiger charge is 2.51. The van der Waals surface area contributed by atoms with E-state index < -0.39 is 41.4 Å². The van der Waals surface area contributed by atoms with Crippen molar-refractivity contribution in [3.8, 4) is 0 Å². The molecule has 2 heterocycles. The number of Topliss-reactive ketones (excluding diaryl/α,β-unsaturated/α-hetero) is 1. The fourth-order valence-corrected chi connectivity index (χ4v) is 6.59. The number of rotatable bonds is 8. The third-order valence-corrected chi connectivity index (χ3v) is 9.36. The lowest BCUT2D eigenvalue weighted by Gasteiger charge is -2.47. The lowest BCUT2D eigenvalue weighted by molar-refractivity contribution is -0.295. The molecule has 44 heavy (non-hydrogen) atoms. The van der Waals surface area contributed by atoms with Crippen LogP contribution in [0.2, 0.25) is 0 Å². The summed E-state index contributed by atoms with van der Waals surface area (Å²) in [4.78, 5) is 47.9. The summed E-state index contributed by atoms with van der Waals surface area (Å²) in [7, 11) is 12.8. The van der Waals surface area contributed by atoms with Crippen LogP contribution in [0.4, 0.5) is 0 Å². The number of hydrogen-bond donors (Lipinski definition) is 1. The number of likely N-dealkylation sites (N-methyl/N-ethyl adjacent to an activating group) is 4. The Morgan fingerprint density at radius 2 is 1.70 bits per heavy atom. The molecule has 0 unspecified atom stereocenters. The second-order valence-corrected chi connectivity index (χ2v) is 14.4. The molecule has 0 aliphatic carbocycles. The highest BCUT2D eigenvalue weighted by Crippen LogP contribution is 2.38. The Morgan fingerprint density at radius 3 is 2.25 bits per heavy atom. The molecular weight excluding hydrogens is 568 g/mol. The zero-order valence-corrected chi connectivity index (χ0v) is 29.5. The van der Waals surface area contributed by atoms with Crippen LogP contribution in [0, 0.1) is 17.3 Å². The van der Waals surface area contributed by atoms with Crippen LogP contribution in [0.15, 0.2) is 0 Å². The molecule has 1 amide bonds. The first-order valence-corrected chi connectivity index (χ1v) is 15.8. The van der Waals surface area contributed by atoms with Gasteiger partial charge in [0.15, 0.2) is 12.1 Å². The molecule has 256 valence electrons. The first-order valence-electron chi connectivity index (χ1n) is 15.8. The average Bonchev–Trinajstić information content (AvgIpc) is 2.92. The number of cyclic esters (lactones) is 1. The number of esters is 1. The fraction of sp³-hybridized carbons (Fsp3) is 0.906. The van der Waals surface area contributed by atoms with E-state index in [1.165, 1.54) is 0 Å². The number of aliphatic hydroxyl groups excluding tert-OH is 1. The van der Waals surface area contributed by atoms with Crippen molar-refractivity contribution in [3.05, 3.63) is 0 Å². The monoisotopic (exact) mass is 628 g/mol. The zero-order chi connectivity index (χ0) is 33.7. The third kappa shape index (κ3) is 9.43. The molecule has 0 saturated carbocycles. The van der Waals surface area contributed by atoms with Gasteiger partial charge in [-0.2, -0.15) is 0 Å². The summed E-state index contributed by atoms with van der Waals surface area (Å²) in [6, 6.07) is -0.491. The van der Waals surface area contributed by atoms with Gasteiger partial charge in [-0.25, -0.2) is 0 Å². The molecule has 12 nitrogen and oxygen atoms in total. The Hall–Kier alpha value is -1.67. The average molecular weight is 629 g/mol. The van der Waals surface area contributed by atoms with Gasteiger partial charge in [-0.15, -0.1) is 0 Å². The minimum absolute atomic E-state index is 0.0279. The van der Waals surface area contributed by atoms with Crippen molar-refractivity contribution in [2.75, 3.05) is 75.6 Å². The molecule has 0 spiro atoms. The van der Waals surface area contributed by atoms with Gasteiger partial charge in [0.2, 0.25) is 5.91 Å². The van der Waals surface area contributed by atoms with Crippen LogP contribution in [0.3, 0.4) is 0 Å². The number of nitrogens with zero attached hydrogens (tertiary/aromatic N) is 4. The number of carbonyl (C=O) groups is 3. The Morgan fingerprint density at radius 1 is 1.09 bits per heavy atom. The third-order valence-electron chi connectivity index (χ3n) is 9.36. The summed E-state index contributed by atoms with van der Waals surface area (Å²) in [6.45, 7) is 12.1. The summed E-state index contributed by atoms with van der Waals surface area (Å²) < 4.78 is 24.7. The molecule has 0 aromatic heterocycles. The van der Waals surface area contributed by atoms with E-state index in [0.29, 0.717) is 25.9 Å². The van der Waals surface area contributed by atoms with E-state index in [9.17, 15) is 19.5 Å². The van der Waals surface area contributed by atoms with E-state index in [4.69, 9.17) is 18.9 Å². The van der Waals surface area contributed by atoms with E-state index in [1.54, 1.807) is 39.8 Å². The van der Waals surface area contributed by atoms with Crippen LogP contribution in [-0.4, -0.2) is 160 Å². The molecule has 0 bridgehead atoms. The van der Waals surface area contributed by atoms with E-state index in [1.807, 2.05) is 58.9 Å². The highest BCUT2D eigenvalue weighted by molar-refractivity contribution is 6.04. The van der Waals surface area contributed by atoms with Gasteiger partial charge in [0.25, 0.3) is 0 Å². The first-order chi connectivity index (χ1) is 20.2. The predicted octanol–water partition coefficient (Wildman–Crippen LogP) is 1.34. The molecule has 2 rings (SSSR count).